The number of nitrogens with one attached hydrogen (secondary N) is 1. The molecule has 2 atom stereocenters. The van der Waals surface area contributed by atoms with Crippen LogP contribution < -0.4 is 11.1 Å². The molecule has 52 valence electrons. The molecule has 0 spiro atoms. The van der Waals surface area contributed by atoms with E-state index < -0.39 is 0 Å². The van der Waals surface area contributed by atoms with Gasteiger partial charge in [0.2, 0.25) is 0 Å². The van der Waals surface area contributed by atoms with Crippen molar-refractivity contribution in [3.05, 3.63) is 12.3 Å². The maximum absolute atomic E-state index is 5.56. The average Bonchev–Trinajstić information content (AvgIpc) is 2.36. The van der Waals surface area contributed by atoms with Gasteiger partial charge < -0.3 is 11.1 Å². The van der Waals surface area contributed by atoms with Gasteiger partial charge in [0.15, 0.2) is 0 Å². The van der Waals surface area contributed by atoms with Crippen LogP contribution in [-0.2, 0) is 0 Å². The summed E-state index contributed by atoms with van der Waals surface area (Å²) in [6.07, 6.45) is 5.33. The number of hydrogen-bond acceptors (Lipinski definition) is 4. The SMILES string of the molecule is NC1=NC=C[C@@H]2NC=N[C@@H]12. The second-order valence-electron chi connectivity index (χ2n) is 2.31. The normalized spacial score (nSPS) is 35.0. The zero-order chi connectivity index (χ0) is 6.97. The zero-order valence-electron chi connectivity index (χ0n) is 5.36. The van der Waals surface area contributed by atoms with Crippen molar-refractivity contribution in [3.8, 4) is 0 Å². The molecule has 0 bridgehead atoms. The summed E-state index contributed by atoms with van der Waals surface area (Å²) < 4.78 is 0. The van der Waals surface area contributed by atoms with Crippen LogP contribution in [0.25, 0.3) is 0 Å². The van der Waals surface area contributed by atoms with Crippen LogP contribution in [0.3, 0.4) is 0 Å². The van der Waals surface area contributed by atoms with Crippen LogP contribution in [0.4, 0.5) is 0 Å². The van der Waals surface area contributed by atoms with E-state index in [2.05, 4.69) is 15.3 Å². The molecular weight excluding hydrogens is 128 g/mol. The number of aliphatic imine (C=N–C) groups is 2. The van der Waals surface area contributed by atoms with Crippen molar-refractivity contribution in [1.29, 1.82) is 0 Å². The predicted octanol–water partition coefficient (Wildman–Crippen LogP) is -0.760. The molecule has 0 amide bonds. The molecule has 4 nitrogen and oxygen atoms in total. The van der Waals surface area contributed by atoms with E-state index in [1.165, 1.54) is 0 Å². The van der Waals surface area contributed by atoms with E-state index >= 15 is 0 Å². The molecule has 0 aromatic rings. The Hall–Kier alpha value is -1.32. The van der Waals surface area contributed by atoms with Crippen LogP contribution >= 0.6 is 0 Å². The van der Waals surface area contributed by atoms with E-state index in [0.717, 1.165) is 0 Å². The van der Waals surface area contributed by atoms with Gasteiger partial charge in [0, 0.05) is 6.20 Å². The Bertz CT molecular complexity index is 228. The molecule has 4 heteroatoms. The lowest BCUT2D eigenvalue weighted by Gasteiger charge is -2.16. The molecule has 0 saturated heterocycles. The number of nitrogens with two attached hydrogens (primary N) is 1. The Morgan fingerprint density at radius 3 is 3.30 bits per heavy atom. The van der Waals surface area contributed by atoms with Gasteiger partial charge in [-0.25, -0.2) is 4.99 Å². The van der Waals surface area contributed by atoms with Crippen molar-refractivity contribution in [1.82, 2.24) is 5.32 Å². The van der Waals surface area contributed by atoms with E-state index in [9.17, 15) is 0 Å². The van der Waals surface area contributed by atoms with Gasteiger partial charge in [-0.05, 0) is 6.08 Å². The highest BCUT2D eigenvalue weighted by Crippen LogP contribution is 2.09. The minimum Gasteiger partial charge on any atom is -0.385 e. The first-order valence-corrected chi connectivity index (χ1v) is 3.15. The van der Waals surface area contributed by atoms with Gasteiger partial charge in [-0.2, -0.15) is 0 Å². The minimum absolute atomic E-state index is 0.0324. The van der Waals surface area contributed by atoms with E-state index in [1.807, 2.05) is 6.08 Å². The Balaban J connectivity index is 2.30. The Morgan fingerprint density at radius 1 is 1.60 bits per heavy atom. The Morgan fingerprint density at radius 2 is 2.50 bits per heavy atom. The standard InChI is InChI=1S/C6H8N4/c7-6-5-4(1-2-8-6)9-3-10-5/h1-5H,(H2,7,8)(H,9,10)/t4-,5+/m0/s1. The summed E-state index contributed by atoms with van der Waals surface area (Å²) in [5.74, 6) is 0.591. The summed E-state index contributed by atoms with van der Waals surface area (Å²) in [4.78, 5) is 8.03. The molecule has 0 fully saturated rings. The van der Waals surface area contributed by atoms with Gasteiger partial charge in [0.05, 0.1) is 12.4 Å². The molecule has 0 saturated carbocycles. The molecule has 0 aromatic carbocycles. The molecule has 10 heavy (non-hydrogen) atoms. The molecule has 0 aromatic heterocycles. The third kappa shape index (κ3) is 0.618. The molecule has 2 rings (SSSR count). The van der Waals surface area contributed by atoms with Crippen LogP contribution in [0, 0.1) is 0 Å². The molecule has 0 aliphatic carbocycles. The van der Waals surface area contributed by atoms with Gasteiger partial charge in [-0.1, -0.05) is 0 Å². The maximum atomic E-state index is 5.56. The fourth-order valence-electron chi connectivity index (χ4n) is 1.11. The zero-order valence-corrected chi connectivity index (χ0v) is 5.36. The van der Waals surface area contributed by atoms with Crippen molar-refractivity contribution >= 4 is 12.2 Å². The summed E-state index contributed by atoms with van der Waals surface area (Å²) in [5, 5.41) is 3.05. The third-order valence-electron chi connectivity index (χ3n) is 1.66. The summed E-state index contributed by atoms with van der Waals surface area (Å²) in [6, 6.07) is 0.266. The second-order valence-corrected chi connectivity index (χ2v) is 2.31. The lowest BCUT2D eigenvalue weighted by molar-refractivity contribution is 0.714. The fraction of sp³-hybridized carbons (Fsp3) is 0.333. The summed E-state index contributed by atoms with van der Waals surface area (Å²) in [6.45, 7) is 0. The predicted molar refractivity (Wildman–Crippen MR) is 40.0 cm³/mol. The first-order valence-electron chi connectivity index (χ1n) is 3.15. The van der Waals surface area contributed by atoms with Crippen LogP contribution in [0.1, 0.15) is 0 Å². The molecule has 0 radical (unpaired) electrons. The number of fused-ring (bicyclic) bond motifs is 1. The van der Waals surface area contributed by atoms with Crippen LogP contribution in [-0.4, -0.2) is 24.3 Å². The largest absolute Gasteiger partial charge is 0.385 e. The highest BCUT2D eigenvalue weighted by Gasteiger charge is 2.26. The lowest BCUT2D eigenvalue weighted by atomic mass is 10.1. The van der Waals surface area contributed by atoms with E-state index in [4.69, 9.17) is 5.73 Å². The molecule has 2 aliphatic rings. The van der Waals surface area contributed by atoms with Gasteiger partial charge in [-0.3, -0.25) is 4.99 Å². The first-order chi connectivity index (χ1) is 4.88. The second kappa shape index (κ2) is 1.83. The topological polar surface area (TPSA) is 62.8 Å². The van der Waals surface area contributed by atoms with Crippen LogP contribution in [0.5, 0.6) is 0 Å². The molecule has 0 unspecified atom stereocenters. The van der Waals surface area contributed by atoms with Crippen LogP contribution in [0.15, 0.2) is 22.3 Å². The fourth-order valence-corrected chi connectivity index (χ4v) is 1.11. The summed E-state index contributed by atoms with van der Waals surface area (Å²) >= 11 is 0. The summed E-state index contributed by atoms with van der Waals surface area (Å²) in [5.41, 5.74) is 5.56. The van der Waals surface area contributed by atoms with Crippen LogP contribution in [0.2, 0.25) is 0 Å². The summed E-state index contributed by atoms with van der Waals surface area (Å²) in [7, 11) is 0. The number of nitrogens with zero attached hydrogens (tertiary/aromatic N) is 2. The number of rotatable bonds is 0. The van der Waals surface area contributed by atoms with Crippen molar-refractivity contribution in [2.45, 2.75) is 12.1 Å². The highest BCUT2D eigenvalue weighted by atomic mass is 15.1. The lowest BCUT2D eigenvalue weighted by Crippen LogP contribution is -2.40. The van der Waals surface area contributed by atoms with Gasteiger partial charge in [-0.15, -0.1) is 0 Å². The quantitative estimate of drug-likeness (QED) is 0.459. The smallest absolute Gasteiger partial charge is 0.132 e. The van der Waals surface area contributed by atoms with Crippen molar-refractivity contribution in [2.24, 2.45) is 15.7 Å². The first kappa shape index (κ1) is 5.46. The maximum Gasteiger partial charge on any atom is 0.132 e. The monoisotopic (exact) mass is 136 g/mol. The molecular formula is C6H8N4. The molecule has 3 N–H and O–H groups in total. The van der Waals surface area contributed by atoms with E-state index in [1.54, 1.807) is 12.5 Å². The van der Waals surface area contributed by atoms with Crippen molar-refractivity contribution < 1.29 is 0 Å². The number of hydrogen-bond donors (Lipinski definition) is 2. The van der Waals surface area contributed by atoms with Gasteiger partial charge >= 0.3 is 0 Å². The van der Waals surface area contributed by atoms with Gasteiger partial charge in [0.25, 0.3) is 0 Å². The van der Waals surface area contributed by atoms with Gasteiger partial charge in [0.1, 0.15) is 11.9 Å². The molecule has 2 aliphatic heterocycles. The highest BCUT2D eigenvalue weighted by molar-refractivity contribution is 5.91. The third-order valence-corrected chi connectivity index (χ3v) is 1.66. The van der Waals surface area contributed by atoms with Crippen molar-refractivity contribution in [3.63, 3.8) is 0 Å². The van der Waals surface area contributed by atoms with Crippen molar-refractivity contribution in [2.75, 3.05) is 0 Å². The number of amidine groups is 1. The minimum atomic E-state index is 0.0324. The van der Waals surface area contributed by atoms with E-state index in [-0.39, 0.29) is 12.1 Å². The molecule has 2 heterocycles. The Labute approximate surface area is 58.5 Å². The average molecular weight is 136 g/mol. The van der Waals surface area contributed by atoms with E-state index in [0.29, 0.717) is 5.84 Å². The Kier molecular flexibility index (Phi) is 1.00.